The van der Waals surface area contributed by atoms with Crippen LogP contribution in [0.4, 0.5) is 0 Å². The SMILES string of the molecule is CCOC1CCC2=C(CCC3C2=CCC2(C)C(O)CCC32)C1. The fourth-order valence-electron chi connectivity index (χ4n) is 5.89. The molecule has 0 bridgehead atoms. The number of hydrogen-bond donors (Lipinski definition) is 1. The maximum atomic E-state index is 10.4. The van der Waals surface area contributed by atoms with E-state index in [4.69, 9.17) is 4.74 Å². The number of rotatable bonds is 2. The molecule has 0 heterocycles. The van der Waals surface area contributed by atoms with Gasteiger partial charge in [0.05, 0.1) is 12.2 Å². The molecule has 4 aliphatic rings. The first kappa shape index (κ1) is 15.0. The minimum atomic E-state index is -0.0839. The lowest BCUT2D eigenvalue weighted by Gasteiger charge is -2.47. The van der Waals surface area contributed by atoms with Crippen LogP contribution in [0.3, 0.4) is 0 Å². The fraction of sp³-hybridized carbons (Fsp3) is 0.800. The third-order valence-corrected chi connectivity index (χ3v) is 7.13. The summed E-state index contributed by atoms with van der Waals surface area (Å²) in [5, 5.41) is 10.4. The quantitative estimate of drug-likeness (QED) is 0.820. The third kappa shape index (κ3) is 2.14. The molecule has 1 N–H and O–H groups in total. The number of hydrogen-bond acceptors (Lipinski definition) is 2. The van der Waals surface area contributed by atoms with Crippen molar-refractivity contribution in [3.63, 3.8) is 0 Å². The Hall–Kier alpha value is -0.600. The Morgan fingerprint density at radius 2 is 2.09 bits per heavy atom. The van der Waals surface area contributed by atoms with E-state index in [2.05, 4.69) is 19.9 Å². The van der Waals surface area contributed by atoms with E-state index < -0.39 is 0 Å². The Morgan fingerprint density at radius 3 is 2.91 bits per heavy atom. The van der Waals surface area contributed by atoms with E-state index in [1.165, 1.54) is 32.1 Å². The Kier molecular flexibility index (Phi) is 3.73. The molecule has 0 amide bonds. The maximum Gasteiger partial charge on any atom is 0.0615 e. The van der Waals surface area contributed by atoms with Crippen LogP contribution in [0.25, 0.3) is 0 Å². The van der Waals surface area contributed by atoms with Crippen molar-refractivity contribution in [2.24, 2.45) is 17.3 Å². The topological polar surface area (TPSA) is 29.5 Å². The van der Waals surface area contributed by atoms with E-state index in [0.29, 0.717) is 12.0 Å². The van der Waals surface area contributed by atoms with Crippen LogP contribution >= 0.6 is 0 Å². The zero-order valence-corrected chi connectivity index (χ0v) is 14.1. The molecule has 2 nitrogen and oxygen atoms in total. The van der Waals surface area contributed by atoms with Crippen LogP contribution in [0, 0.1) is 17.3 Å². The predicted molar refractivity (Wildman–Crippen MR) is 88.6 cm³/mol. The van der Waals surface area contributed by atoms with Gasteiger partial charge in [0.15, 0.2) is 0 Å². The molecule has 0 aliphatic heterocycles. The second-order valence-corrected chi connectivity index (χ2v) is 8.12. The summed E-state index contributed by atoms with van der Waals surface area (Å²) >= 11 is 0. The number of allylic oxidation sites excluding steroid dienone is 3. The lowest BCUT2D eigenvalue weighted by atomic mass is 9.58. The molecule has 5 atom stereocenters. The molecule has 2 heteroatoms. The molecule has 0 aromatic rings. The molecule has 4 rings (SSSR count). The van der Waals surface area contributed by atoms with E-state index >= 15 is 0 Å². The fourth-order valence-corrected chi connectivity index (χ4v) is 5.89. The van der Waals surface area contributed by atoms with E-state index in [-0.39, 0.29) is 11.5 Å². The van der Waals surface area contributed by atoms with Gasteiger partial charge in [-0.1, -0.05) is 18.6 Å². The molecule has 122 valence electrons. The molecule has 1 saturated carbocycles. The lowest BCUT2D eigenvalue weighted by Crippen LogP contribution is -2.41. The predicted octanol–water partition coefficient (Wildman–Crippen LogP) is 4.39. The molecule has 0 radical (unpaired) electrons. The van der Waals surface area contributed by atoms with Crippen molar-refractivity contribution < 1.29 is 9.84 Å². The molecule has 4 aliphatic carbocycles. The first-order valence-electron chi connectivity index (χ1n) is 9.34. The van der Waals surface area contributed by atoms with Crippen LogP contribution in [0.2, 0.25) is 0 Å². The van der Waals surface area contributed by atoms with Gasteiger partial charge in [0.1, 0.15) is 0 Å². The lowest BCUT2D eigenvalue weighted by molar-refractivity contribution is 0.0188. The highest BCUT2D eigenvalue weighted by Gasteiger charge is 2.52. The summed E-state index contributed by atoms with van der Waals surface area (Å²) in [6, 6.07) is 0. The van der Waals surface area contributed by atoms with Crippen LogP contribution in [0.5, 0.6) is 0 Å². The molecular formula is C20H30O2. The summed E-state index contributed by atoms with van der Waals surface area (Å²) in [6.45, 7) is 5.28. The zero-order chi connectivity index (χ0) is 15.3. The monoisotopic (exact) mass is 302 g/mol. The Morgan fingerprint density at radius 1 is 1.23 bits per heavy atom. The second kappa shape index (κ2) is 5.49. The van der Waals surface area contributed by atoms with Gasteiger partial charge in [-0.2, -0.15) is 0 Å². The first-order valence-corrected chi connectivity index (χ1v) is 9.34. The number of aliphatic hydroxyl groups is 1. The minimum Gasteiger partial charge on any atom is -0.393 e. The Bertz CT molecular complexity index is 518. The highest BCUT2D eigenvalue weighted by atomic mass is 16.5. The van der Waals surface area contributed by atoms with Gasteiger partial charge in [-0.15, -0.1) is 0 Å². The normalized spacial score (nSPS) is 44.2. The van der Waals surface area contributed by atoms with Crippen LogP contribution in [0.1, 0.15) is 65.2 Å². The molecule has 0 spiro atoms. The van der Waals surface area contributed by atoms with Crippen LogP contribution in [0.15, 0.2) is 22.8 Å². The highest BCUT2D eigenvalue weighted by Crippen LogP contribution is 2.58. The number of ether oxygens (including phenoxy) is 1. The van der Waals surface area contributed by atoms with Gasteiger partial charge in [0, 0.05) is 12.0 Å². The summed E-state index contributed by atoms with van der Waals surface area (Å²) in [5.74, 6) is 1.43. The van der Waals surface area contributed by atoms with Gasteiger partial charge >= 0.3 is 0 Å². The van der Waals surface area contributed by atoms with Crippen molar-refractivity contribution >= 4 is 0 Å². The Labute approximate surface area is 134 Å². The highest BCUT2D eigenvalue weighted by molar-refractivity contribution is 5.44. The molecule has 0 aromatic heterocycles. The van der Waals surface area contributed by atoms with Gasteiger partial charge in [0.25, 0.3) is 0 Å². The molecular weight excluding hydrogens is 272 g/mol. The van der Waals surface area contributed by atoms with Gasteiger partial charge < -0.3 is 9.84 Å². The minimum absolute atomic E-state index is 0.0839. The first-order chi connectivity index (χ1) is 10.6. The molecule has 0 saturated heterocycles. The maximum absolute atomic E-state index is 10.4. The Balaban J connectivity index is 1.62. The van der Waals surface area contributed by atoms with E-state index in [1.54, 1.807) is 16.7 Å². The van der Waals surface area contributed by atoms with Gasteiger partial charge in [-0.05, 0) is 81.3 Å². The van der Waals surface area contributed by atoms with Gasteiger partial charge in [-0.25, -0.2) is 0 Å². The second-order valence-electron chi connectivity index (χ2n) is 8.12. The van der Waals surface area contributed by atoms with Crippen LogP contribution in [-0.2, 0) is 4.74 Å². The van der Waals surface area contributed by atoms with Crippen molar-refractivity contribution in [2.75, 3.05) is 6.61 Å². The third-order valence-electron chi connectivity index (χ3n) is 7.13. The molecule has 0 aromatic carbocycles. The van der Waals surface area contributed by atoms with Crippen molar-refractivity contribution in [1.82, 2.24) is 0 Å². The zero-order valence-electron chi connectivity index (χ0n) is 14.1. The van der Waals surface area contributed by atoms with Crippen molar-refractivity contribution in [2.45, 2.75) is 77.4 Å². The molecule has 5 unspecified atom stereocenters. The summed E-state index contributed by atoms with van der Waals surface area (Å²) in [4.78, 5) is 0. The molecule has 22 heavy (non-hydrogen) atoms. The summed E-state index contributed by atoms with van der Waals surface area (Å²) in [5.41, 5.74) is 5.20. The smallest absolute Gasteiger partial charge is 0.0615 e. The summed E-state index contributed by atoms with van der Waals surface area (Å²) < 4.78 is 5.88. The van der Waals surface area contributed by atoms with Crippen molar-refractivity contribution in [1.29, 1.82) is 0 Å². The van der Waals surface area contributed by atoms with E-state index in [1.807, 2.05) is 0 Å². The van der Waals surface area contributed by atoms with Crippen molar-refractivity contribution in [3.05, 3.63) is 22.8 Å². The van der Waals surface area contributed by atoms with Crippen LogP contribution < -0.4 is 0 Å². The number of fused-ring (bicyclic) bond motifs is 4. The van der Waals surface area contributed by atoms with Crippen LogP contribution in [-0.4, -0.2) is 23.9 Å². The van der Waals surface area contributed by atoms with Gasteiger partial charge in [-0.3, -0.25) is 0 Å². The summed E-state index contributed by atoms with van der Waals surface area (Å²) in [7, 11) is 0. The number of aliphatic hydroxyl groups excluding tert-OH is 1. The largest absolute Gasteiger partial charge is 0.393 e. The van der Waals surface area contributed by atoms with Gasteiger partial charge in [0.2, 0.25) is 0 Å². The van der Waals surface area contributed by atoms with Crippen molar-refractivity contribution in [3.8, 4) is 0 Å². The molecule has 1 fully saturated rings. The standard InChI is InChI=1S/C20H30O2/c1-3-22-14-5-7-15-13(12-14)4-6-17-16(15)10-11-20(2)18(17)8-9-19(20)21/h10,14,17-19,21H,3-9,11-12H2,1-2H3. The average molecular weight is 302 g/mol. The van der Waals surface area contributed by atoms with E-state index in [9.17, 15) is 5.11 Å². The summed E-state index contributed by atoms with van der Waals surface area (Å²) in [6.07, 6.45) is 12.3. The van der Waals surface area contributed by atoms with E-state index in [0.717, 1.165) is 31.8 Å². The average Bonchev–Trinajstić information content (AvgIpc) is 2.83.